The molecule has 0 aliphatic rings. The molecule has 1 atom stereocenters. The Morgan fingerprint density at radius 1 is 1.53 bits per heavy atom. The highest BCUT2D eigenvalue weighted by Crippen LogP contribution is 2.28. The molecule has 2 rings (SSSR count). The van der Waals surface area contributed by atoms with Crippen molar-refractivity contribution in [2.45, 2.75) is 6.04 Å². The second-order valence-corrected chi connectivity index (χ2v) is 4.51. The van der Waals surface area contributed by atoms with Gasteiger partial charge in [-0.15, -0.1) is 0 Å². The lowest BCUT2D eigenvalue weighted by Gasteiger charge is -2.10. The first-order valence-electron chi connectivity index (χ1n) is 4.74. The largest absolute Gasteiger partial charge is 0.394 e. The van der Waals surface area contributed by atoms with Crippen LogP contribution in [-0.4, -0.2) is 16.3 Å². The van der Waals surface area contributed by atoms with Gasteiger partial charge in [0.05, 0.1) is 18.2 Å². The fraction of sp³-hybridized carbons (Fsp3) is 0.273. The van der Waals surface area contributed by atoms with Crippen molar-refractivity contribution >= 4 is 26.8 Å². The summed E-state index contributed by atoms with van der Waals surface area (Å²) in [6.07, 6.45) is 2.00. The number of halogens is 1. The highest BCUT2D eigenvalue weighted by atomic mass is 79.9. The summed E-state index contributed by atoms with van der Waals surface area (Å²) in [6.45, 7) is -0.0369. The number of aryl methyl sites for hydroxylation is 1. The number of fused-ring (bicyclic) bond motifs is 1. The Labute approximate surface area is 96.6 Å². The highest BCUT2D eigenvalue weighted by Gasteiger charge is 2.09. The molecule has 0 amide bonds. The number of aromatic nitrogens is 1. The molecule has 15 heavy (non-hydrogen) atoms. The molecule has 2 aromatic rings. The SMILES string of the molecule is Cn1ccc2cc(C(N)CO)cc(Br)c21. The van der Waals surface area contributed by atoms with Gasteiger partial charge in [-0.3, -0.25) is 0 Å². The van der Waals surface area contributed by atoms with E-state index >= 15 is 0 Å². The summed E-state index contributed by atoms with van der Waals surface area (Å²) in [7, 11) is 2.00. The standard InChI is InChI=1S/C11H13BrN2O/c1-14-3-2-7-4-8(10(13)6-15)5-9(12)11(7)14/h2-5,10,15H,6,13H2,1H3. The second kappa shape index (κ2) is 3.96. The molecular weight excluding hydrogens is 256 g/mol. The molecule has 0 fully saturated rings. The predicted molar refractivity (Wildman–Crippen MR) is 64.6 cm³/mol. The Kier molecular flexibility index (Phi) is 2.82. The van der Waals surface area contributed by atoms with Crippen molar-refractivity contribution in [2.75, 3.05) is 6.61 Å². The predicted octanol–water partition coefficient (Wildman–Crippen LogP) is 1.93. The van der Waals surface area contributed by atoms with Gasteiger partial charge in [-0.2, -0.15) is 0 Å². The fourth-order valence-corrected chi connectivity index (χ4v) is 2.50. The third kappa shape index (κ3) is 1.80. The molecular formula is C11H13BrN2O. The van der Waals surface area contributed by atoms with Crippen molar-refractivity contribution in [3.63, 3.8) is 0 Å². The first kappa shape index (κ1) is 10.7. The van der Waals surface area contributed by atoms with Gasteiger partial charge < -0.3 is 15.4 Å². The van der Waals surface area contributed by atoms with E-state index in [1.807, 2.05) is 36.0 Å². The van der Waals surface area contributed by atoms with Crippen LogP contribution in [0, 0.1) is 0 Å². The van der Waals surface area contributed by atoms with Crippen LogP contribution in [0.15, 0.2) is 28.9 Å². The van der Waals surface area contributed by atoms with Gasteiger partial charge in [0.25, 0.3) is 0 Å². The maximum atomic E-state index is 9.01. The van der Waals surface area contributed by atoms with Crippen molar-refractivity contribution in [3.05, 3.63) is 34.4 Å². The van der Waals surface area contributed by atoms with E-state index in [9.17, 15) is 0 Å². The Hall–Kier alpha value is -0.840. The molecule has 0 aliphatic heterocycles. The van der Waals surface area contributed by atoms with Gasteiger partial charge >= 0.3 is 0 Å². The van der Waals surface area contributed by atoms with E-state index in [0.717, 1.165) is 20.9 Å². The molecule has 3 nitrogen and oxygen atoms in total. The Morgan fingerprint density at radius 2 is 2.27 bits per heavy atom. The third-order valence-electron chi connectivity index (χ3n) is 2.57. The Morgan fingerprint density at radius 3 is 2.93 bits per heavy atom. The lowest BCUT2D eigenvalue weighted by molar-refractivity contribution is 0.268. The van der Waals surface area contributed by atoms with E-state index in [2.05, 4.69) is 15.9 Å². The number of hydrogen-bond acceptors (Lipinski definition) is 2. The zero-order valence-electron chi connectivity index (χ0n) is 8.44. The van der Waals surface area contributed by atoms with Crippen LogP contribution in [-0.2, 0) is 7.05 Å². The van der Waals surface area contributed by atoms with E-state index in [4.69, 9.17) is 10.8 Å². The zero-order valence-corrected chi connectivity index (χ0v) is 10.0. The number of aliphatic hydroxyl groups is 1. The summed E-state index contributed by atoms with van der Waals surface area (Å²) in [5.74, 6) is 0. The van der Waals surface area contributed by atoms with Crippen LogP contribution in [0.4, 0.5) is 0 Å². The van der Waals surface area contributed by atoms with E-state index in [1.54, 1.807) is 0 Å². The third-order valence-corrected chi connectivity index (χ3v) is 3.17. The van der Waals surface area contributed by atoms with E-state index in [0.29, 0.717) is 0 Å². The van der Waals surface area contributed by atoms with Gasteiger partial charge in [-0.1, -0.05) is 0 Å². The molecule has 0 spiro atoms. The van der Waals surface area contributed by atoms with Crippen LogP contribution in [0.2, 0.25) is 0 Å². The molecule has 1 unspecified atom stereocenters. The average Bonchev–Trinajstić information content (AvgIpc) is 2.59. The van der Waals surface area contributed by atoms with Crippen LogP contribution in [0.1, 0.15) is 11.6 Å². The lowest BCUT2D eigenvalue weighted by atomic mass is 10.1. The van der Waals surface area contributed by atoms with Crippen LogP contribution in [0.5, 0.6) is 0 Å². The minimum Gasteiger partial charge on any atom is -0.394 e. The van der Waals surface area contributed by atoms with Crippen molar-refractivity contribution in [3.8, 4) is 0 Å². The monoisotopic (exact) mass is 268 g/mol. The molecule has 0 saturated heterocycles. The summed E-state index contributed by atoms with van der Waals surface area (Å²) in [5, 5.41) is 10.1. The first-order valence-corrected chi connectivity index (χ1v) is 5.53. The zero-order chi connectivity index (χ0) is 11.0. The summed E-state index contributed by atoms with van der Waals surface area (Å²) in [4.78, 5) is 0. The van der Waals surface area contributed by atoms with Crippen molar-refractivity contribution in [2.24, 2.45) is 12.8 Å². The number of nitrogens with two attached hydrogens (primary N) is 1. The van der Waals surface area contributed by atoms with Crippen molar-refractivity contribution < 1.29 is 5.11 Å². The normalized spacial score (nSPS) is 13.3. The summed E-state index contributed by atoms with van der Waals surface area (Å²) < 4.78 is 3.06. The quantitative estimate of drug-likeness (QED) is 0.875. The van der Waals surface area contributed by atoms with E-state index in [-0.39, 0.29) is 12.6 Å². The average molecular weight is 269 g/mol. The minimum absolute atomic E-state index is 0.0369. The van der Waals surface area contributed by atoms with Gasteiger partial charge in [0.1, 0.15) is 0 Å². The smallest absolute Gasteiger partial charge is 0.0624 e. The number of benzene rings is 1. The molecule has 0 saturated carbocycles. The van der Waals surface area contributed by atoms with Gasteiger partial charge in [-0.05, 0) is 39.7 Å². The molecule has 4 heteroatoms. The van der Waals surface area contributed by atoms with Gasteiger partial charge in [-0.25, -0.2) is 0 Å². The van der Waals surface area contributed by atoms with Crippen LogP contribution < -0.4 is 5.73 Å². The Bertz CT molecular complexity index is 493. The molecule has 0 radical (unpaired) electrons. The highest BCUT2D eigenvalue weighted by molar-refractivity contribution is 9.10. The number of rotatable bonds is 2. The second-order valence-electron chi connectivity index (χ2n) is 3.66. The molecule has 1 aromatic heterocycles. The fourth-order valence-electron chi connectivity index (χ4n) is 1.73. The molecule has 0 aliphatic carbocycles. The van der Waals surface area contributed by atoms with Gasteiger partial charge in [0, 0.05) is 23.1 Å². The molecule has 3 N–H and O–H groups in total. The number of hydrogen-bond donors (Lipinski definition) is 2. The first-order chi connectivity index (χ1) is 7.13. The maximum absolute atomic E-state index is 9.01. The topological polar surface area (TPSA) is 51.2 Å². The Balaban J connectivity index is 2.63. The lowest BCUT2D eigenvalue weighted by Crippen LogP contribution is -2.14. The summed E-state index contributed by atoms with van der Waals surface area (Å²) >= 11 is 3.52. The molecule has 1 aromatic carbocycles. The van der Waals surface area contributed by atoms with Crippen molar-refractivity contribution in [1.29, 1.82) is 0 Å². The summed E-state index contributed by atoms with van der Waals surface area (Å²) in [5.41, 5.74) is 7.87. The minimum atomic E-state index is -0.314. The van der Waals surface area contributed by atoms with Crippen LogP contribution in [0.25, 0.3) is 10.9 Å². The van der Waals surface area contributed by atoms with Gasteiger partial charge in [0.2, 0.25) is 0 Å². The molecule has 0 bridgehead atoms. The summed E-state index contributed by atoms with van der Waals surface area (Å²) in [6, 6.07) is 5.70. The van der Waals surface area contributed by atoms with Gasteiger partial charge in [0.15, 0.2) is 0 Å². The van der Waals surface area contributed by atoms with E-state index in [1.165, 1.54) is 0 Å². The maximum Gasteiger partial charge on any atom is 0.0624 e. The molecule has 1 heterocycles. The van der Waals surface area contributed by atoms with Crippen molar-refractivity contribution in [1.82, 2.24) is 4.57 Å². The molecule has 80 valence electrons. The number of aliphatic hydroxyl groups excluding tert-OH is 1. The van der Waals surface area contributed by atoms with Crippen LogP contribution in [0.3, 0.4) is 0 Å². The van der Waals surface area contributed by atoms with Crippen LogP contribution >= 0.6 is 15.9 Å². The number of nitrogens with zero attached hydrogens (tertiary/aromatic N) is 1. The van der Waals surface area contributed by atoms with E-state index < -0.39 is 0 Å².